The maximum atomic E-state index is 13.4. The van der Waals surface area contributed by atoms with Gasteiger partial charge in [0.15, 0.2) is 24.5 Å². The lowest BCUT2D eigenvalue weighted by Gasteiger charge is -2.41. The number of rotatable bonds is 5. The van der Waals surface area contributed by atoms with Crippen molar-refractivity contribution < 1.29 is 52.5 Å². The second kappa shape index (κ2) is 10.3. The number of hydrogen-bond donors (Lipinski definition) is 0. The number of nitrogens with zero attached hydrogens (tertiary/aromatic N) is 2. The average molecular weight is 613 g/mol. The fraction of sp³-hybridized carbons (Fsp3) is 0.250. The normalized spacial score (nSPS) is 21.2. The van der Waals surface area contributed by atoms with E-state index in [2.05, 4.69) is 0 Å². The second-order valence-electron chi connectivity index (χ2n) is 10.8. The predicted octanol–water partition coefficient (Wildman–Crippen LogP) is 3.58. The molecule has 0 aliphatic carbocycles. The molecule has 2 aromatic heterocycles. The lowest BCUT2D eigenvalue weighted by molar-refractivity contribution is -0.238. The van der Waals surface area contributed by atoms with Crippen LogP contribution in [0, 0.1) is 0 Å². The molecule has 228 valence electrons. The first-order valence-electron chi connectivity index (χ1n) is 14.0. The van der Waals surface area contributed by atoms with Crippen LogP contribution in [0.3, 0.4) is 0 Å². The summed E-state index contributed by atoms with van der Waals surface area (Å²) in [5, 5.41) is 1.66. The smallest absolute Gasteiger partial charge is 0.347 e. The highest BCUT2D eigenvalue weighted by Crippen LogP contribution is 2.47. The Balaban J connectivity index is 1.65. The molecular weight excluding hydrogens is 588 g/mol. The van der Waals surface area contributed by atoms with Crippen molar-refractivity contribution in [1.29, 1.82) is 0 Å². The first-order chi connectivity index (χ1) is 21.6. The Morgan fingerprint density at radius 3 is 1.89 bits per heavy atom. The number of esters is 5. The second-order valence-corrected chi connectivity index (χ2v) is 10.8. The van der Waals surface area contributed by atoms with Crippen molar-refractivity contribution in [3.63, 3.8) is 0 Å². The van der Waals surface area contributed by atoms with Crippen LogP contribution < -0.4 is 0 Å². The first-order valence-corrected chi connectivity index (χ1v) is 14.0. The zero-order valence-corrected chi connectivity index (χ0v) is 24.1. The van der Waals surface area contributed by atoms with Gasteiger partial charge in [-0.15, -0.1) is 0 Å². The molecule has 0 spiro atoms. The highest BCUT2D eigenvalue weighted by atomic mass is 16.6. The maximum absolute atomic E-state index is 13.4. The number of fused-ring (bicyclic) bond motifs is 10. The predicted molar refractivity (Wildman–Crippen MR) is 156 cm³/mol. The number of carbonyl (C=O) groups is 6. The zero-order chi connectivity index (χ0) is 31.7. The molecule has 2 aliphatic rings. The highest BCUT2D eigenvalue weighted by Gasteiger charge is 2.49. The van der Waals surface area contributed by atoms with Crippen molar-refractivity contribution in [2.24, 2.45) is 0 Å². The van der Waals surface area contributed by atoms with Gasteiger partial charge in [-0.25, -0.2) is 9.59 Å². The van der Waals surface area contributed by atoms with Crippen LogP contribution >= 0.6 is 0 Å². The number of ether oxygens (including phenoxy) is 5. The van der Waals surface area contributed by atoms with E-state index >= 15 is 0 Å². The molecule has 0 unspecified atom stereocenters. The van der Waals surface area contributed by atoms with E-state index in [1.54, 1.807) is 53.1 Å². The van der Waals surface area contributed by atoms with Gasteiger partial charge in [-0.1, -0.05) is 36.4 Å². The minimum Gasteiger partial charge on any atom is -0.456 e. The number of hydrogen-bond acceptors (Lipinski definition) is 11. The molecule has 4 heterocycles. The van der Waals surface area contributed by atoms with Crippen molar-refractivity contribution in [3.05, 3.63) is 59.7 Å². The van der Waals surface area contributed by atoms with Crippen molar-refractivity contribution in [1.82, 2.24) is 9.13 Å². The Kier molecular flexibility index (Phi) is 6.44. The van der Waals surface area contributed by atoms with Gasteiger partial charge in [0, 0.05) is 42.3 Å². The first kappa shape index (κ1) is 28.2. The number of cyclic esters (lactones) is 2. The Hall–Kier alpha value is -5.56. The van der Waals surface area contributed by atoms with Gasteiger partial charge in [0.2, 0.25) is 6.41 Å². The Morgan fingerprint density at radius 1 is 0.756 bits per heavy atom. The summed E-state index contributed by atoms with van der Waals surface area (Å²) in [7, 11) is 0. The summed E-state index contributed by atoms with van der Waals surface area (Å²) in [4.78, 5) is 76.1. The molecular formula is C32H24N2O11. The van der Waals surface area contributed by atoms with E-state index in [1.165, 1.54) is 25.3 Å². The number of carbonyl (C=O) groups excluding carboxylic acids is 6. The van der Waals surface area contributed by atoms with E-state index in [0.717, 1.165) is 0 Å². The van der Waals surface area contributed by atoms with Crippen molar-refractivity contribution in [2.45, 2.75) is 45.3 Å². The molecule has 1 saturated heterocycles. The summed E-state index contributed by atoms with van der Waals surface area (Å²) in [6.45, 7) is 3.25. The molecule has 0 N–H and O–H groups in total. The van der Waals surface area contributed by atoms with Gasteiger partial charge in [-0.05, 0) is 12.1 Å². The number of benzene rings is 3. The summed E-state index contributed by atoms with van der Waals surface area (Å²) in [6.07, 6.45) is -4.42. The average Bonchev–Trinajstić information content (AvgIpc) is 3.60. The molecule has 13 heteroatoms. The molecule has 0 radical (unpaired) electrons. The summed E-state index contributed by atoms with van der Waals surface area (Å²) in [5.74, 6) is -3.84. The Morgan fingerprint density at radius 2 is 1.29 bits per heavy atom. The van der Waals surface area contributed by atoms with Crippen LogP contribution in [-0.4, -0.2) is 70.3 Å². The minimum absolute atomic E-state index is 0.0143. The van der Waals surface area contributed by atoms with E-state index in [4.69, 9.17) is 23.7 Å². The summed E-state index contributed by atoms with van der Waals surface area (Å²) >= 11 is 0. The van der Waals surface area contributed by atoms with Crippen molar-refractivity contribution in [3.8, 4) is 0 Å². The van der Waals surface area contributed by atoms with Crippen LogP contribution in [-0.2, 0) is 42.9 Å². The quantitative estimate of drug-likeness (QED) is 0.124. The molecule has 0 saturated carbocycles. The van der Waals surface area contributed by atoms with Crippen molar-refractivity contribution in [2.75, 3.05) is 6.61 Å². The third-order valence-electron chi connectivity index (χ3n) is 8.07. The van der Waals surface area contributed by atoms with E-state index in [0.29, 0.717) is 44.5 Å². The topological polar surface area (TPSA) is 158 Å². The van der Waals surface area contributed by atoms with Gasteiger partial charge < -0.3 is 28.3 Å². The third kappa shape index (κ3) is 4.11. The molecule has 1 fully saturated rings. The van der Waals surface area contributed by atoms with Crippen LogP contribution in [0.25, 0.3) is 43.6 Å². The monoisotopic (exact) mass is 612 g/mol. The molecule has 2 aliphatic heterocycles. The van der Waals surface area contributed by atoms with Gasteiger partial charge in [-0.2, -0.15) is 0 Å². The Labute approximate surface area is 253 Å². The van der Waals surface area contributed by atoms with E-state index in [1.807, 2.05) is 0 Å². The standard InChI is InChI=1S/C32H24N2O11/c1-14(36)42-21-12-41-30(29(44-16(3)38)28(21)43-15(2)37)34-20-11-7-5-9-18(20)23-25-24(31(39)45-32(25)40)22-17-8-4-6-10-19(17)33(13-35)26(22)27(23)34/h4-11,13,21,28-30H,12H2,1-3H3/t21-,28-,29+,30+/m0/s1. The summed E-state index contributed by atoms with van der Waals surface area (Å²) in [5.41, 5.74) is 1.56. The molecule has 0 bridgehead atoms. The lowest BCUT2D eigenvalue weighted by Crippen LogP contribution is -2.55. The minimum atomic E-state index is -1.37. The molecule has 45 heavy (non-hydrogen) atoms. The molecule has 4 atom stereocenters. The SMILES string of the molecule is CC(=O)O[C@@H]1[C@@H](OC(C)=O)[C@H](n2c3ccccc3c3c4c(c5c6ccccc6n(C=O)c5c32)C(=O)OC4=O)OC[C@@H]1OC(C)=O. The Bertz CT molecular complexity index is 2160. The molecule has 7 rings (SSSR count). The van der Waals surface area contributed by atoms with Crippen LogP contribution in [0.4, 0.5) is 0 Å². The van der Waals surface area contributed by atoms with Crippen LogP contribution in [0.1, 0.15) is 47.7 Å². The summed E-state index contributed by atoms with van der Waals surface area (Å²) in [6, 6.07) is 13.9. The van der Waals surface area contributed by atoms with Gasteiger partial charge in [-0.3, -0.25) is 23.7 Å². The van der Waals surface area contributed by atoms with E-state index in [-0.39, 0.29) is 23.3 Å². The maximum Gasteiger partial charge on any atom is 0.347 e. The lowest BCUT2D eigenvalue weighted by atomic mass is 9.96. The largest absolute Gasteiger partial charge is 0.456 e. The highest BCUT2D eigenvalue weighted by molar-refractivity contribution is 6.37. The number of aromatic nitrogens is 2. The zero-order valence-electron chi connectivity index (χ0n) is 24.1. The van der Waals surface area contributed by atoms with Crippen LogP contribution in [0.15, 0.2) is 48.5 Å². The fourth-order valence-corrected chi connectivity index (χ4v) is 6.66. The van der Waals surface area contributed by atoms with Crippen LogP contribution in [0.2, 0.25) is 0 Å². The third-order valence-corrected chi connectivity index (χ3v) is 8.07. The van der Waals surface area contributed by atoms with Gasteiger partial charge >= 0.3 is 29.8 Å². The van der Waals surface area contributed by atoms with Crippen molar-refractivity contribution >= 4 is 79.9 Å². The van der Waals surface area contributed by atoms with Gasteiger partial charge in [0.05, 0.1) is 39.8 Å². The molecule has 0 amide bonds. The molecule has 13 nitrogen and oxygen atoms in total. The van der Waals surface area contributed by atoms with Gasteiger partial charge in [0.1, 0.15) is 0 Å². The molecule has 3 aromatic carbocycles. The molecule has 5 aromatic rings. The fourth-order valence-electron chi connectivity index (χ4n) is 6.66. The van der Waals surface area contributed by atoms with Gasteiger partial charge in [0.25, 0.3) is 0 Å². The van der Waals surface area contributed by atoms with E-state index in [9.17, 15) is 28.8 Å². The number of para-hydroxylation sites is 2. The summed E-state index contributed by atoms with van der Waals surface area (Å²) < 4.78 is 31.2. The van der Waals surface area contributed by atoms with E-state index < -0.39 is 54.4 Å². The van der Waals surface area contributed by atoms with Crippen LogP contribution in [0.5, 0.6) is 0 Å².